The lowest BCUT2D eigenvalue weighted by molar-refractivity contribution is 0.0695. The third kappa shape index (κ3) is 3.18. The summed E-state index contributed by atoms with van der Waals surface area (Å²) in [4.78, 5) is 25.2. The fourth-order valence-electron chi connectivity index (χ4n) is 2.81. The van der Waals surface area contributed by atoms with Gasteiger partial charge in [0.25, 0.3) is 0 Å². The summed E-state index contributed by atoms with van der Waals surface area (Å²) in [6, 6.07) is 14.5. The van der Waals surface area contributed by atoms with E-state index in [2.05, 4.69) is 0 Å². The second-order valence-corrected chi connectivity index (χ2v) is 5.40. The van der Waals surface area contributed by atoms with Crippen LogP contribution in [0.5, 0.6) is 0 Å². The highest BCUT2D eigenvalue weighted by atomic mass is 16.6. The van der Waals surface area contributed by atoms with Crippen molar-refractivity contribution in [3.8, 4) is 0 Å². The van der Waals surface area contributed by atoms with E-state index in [1.54, 1.807) is 18.2 Å². The van der Waals surface area contributed by atoms with Crippen LogP contribution in [0.15, 0.2) is 48.5 Å². The van der Waals surface area contributed by atoms with Gasteiger partial charge in [0.2, 0.25) is 0 Å². The zero-order chi connectivity index (χ0) is 16.2. The van der Waals surface area contributed by atoms with Gasteiger partial charge in [-0.3, -0.25) is 4.90 Å². The Morgan fingerprint density at radius 1 is 1.09 bits per heavy atom. The molecular formula is C18H17NO4. The molecule has 0 spiro atoms. The second kappa shape index (κ2) is 6.52. The number of carboxylic acids is 1. The predicted octanol–water partition coefficient (Wildman–Crippen LogP) is 3.47. The van der Waals surface area contributed by atoms with Crippen molar-refractivity contribution < 1.29 is 19.4 Å². The van der Waals surface area contributed by atoms with Gasteiger partial charge in [-0.15, -0.1) is 0 Å². The maximum Gasteiger partial charge on any atom is 0.414 e. The molecule has 1 N–H and O–H groups in total. The number of ether oxygens (including phenoxy) is 1. The number of nitrogens with zero attached hydrogens (tertiary/aromatic N) is 1. The monoisotopic (exact) mass is 311 g/mol. The van der Waals surface area contributed by atoms with Crippen LogP contribution < -0.4 is 4.90 Å². The topological polar surface area (TPSA) is 66.8 Å². The summed E-state index contributed by atoms with van der Waals surface area (Å²) in [5, 5.41) is 9.28. The van der Waals surface area contributed by atoms with Crippen molar-refractivity contribution in [3.63, 3.8) is 0 Å². The second-order valence-electron chi connectivity index (χ2n) is 5.40. The quantitative estimate of drug-likeness (QED) is 0.942. The number of carbonyl (C=O) groups is 2. The van der Waals surface area contributed by atoms with Gasteiger partial charge in [-0.25, -0.2) is 9.59 Å². The van der Waals surface area contributed by atoms with Crippen molar-refractivity contribution >= 4 is 17.7 Å². The molecule has 0 aromatic heterocycles. The van der Waals surface area contributed by atoms with Gasteiger partial charge in [0, 0.05) is 6.54 Å². The van der Waals surface area contributed by atoms with Crippen LogP contribution in [0.25, 0.3) is 0 Å². The molecule has 0 unspecified atom stereocenters. The van der Waals surface area contributed by atoms with E-state index in [1.165, 1.54) is 4.90 Å². The van der Waals surface area contributed by atoms with E-state index < -0.39 is 12.1 Å². The number of anilines is 1. The van der Waals surface area contributed by atoms with Gasteiger partial charge in [-0.05, 0) is 36.1 Å². The molecule has 1 amide bonds. The average Bonchev–Trinajstić information content (AvgIpc) is 2.59. The smallest absolute Gasteiger partial charge is 0.414 e. The zero-order valence-corrected chi connectivity index (χ0v) is 12.6. The molecule has 5 heteroatoms. The molecule has 3 rings (SSSR count). The molecule has 118 valence electrons. The number of hydrogen-bond donors (Lipinski definition) is 1. The normalized spacial score (nSPS) is 13.3. The Balaban J connectivity index is 1.78. The molecule has 0 radical (unpaired) electrons. The van der Waals surface area contributed by atoms with E-state index in [0.717, 1.165) is 12.0 Å². The van der Waals surface area contributed by atoms with Crippen molar-refractivity contribution in [1.82, 2.24) is 0 Å². The fourth-order valence-corrected chi connectivity index (χ4v) is 2.81. The minimum absolute atomic E-state index is 0.199. The SMILES string of the molecule is O=C(O)c1cccc2c1CCCN2C(=O)OCc1ccccc1. The Kier molecular flexibility index (Phi) is 4.28. The summed E-state index contributed by atoms with van der Waals surface area (Å²) < 4.78 is 5.36. The van der Waals surface area contributed by atoms with E-state index in [1.807, 2.05) is 30.3 Å². The van der Waals surface area contributed by atoms with E-state index in [-0.39, 0.29) is 12.2 Å². The summed E-state index contributed by atoms with van der Waals surface area (Å²) >= 11 is 0. The maximum absolute atomic E-state index is 12.4. The van der Waals surface area contributed by atoms with Crippen molar-refractivity contribution in [2.24, 2.45) is 0 Å². The lowest BCUT2D eigenvalue weighted by Gasteiger charge is -2.29. The summed E-state index contributed by atoms with van der Waals surface area (Å²) in [6.07, 6.45) is 0.926. The first-order valence-corrected chi connectivity index (χ1v) is 7.50. The van der Waals surface area contributed by atoms with Crippen molar-refractivity contribution in [3.05, 3.63) is 65.2 Å². The molecule has 0 aliphatic carbocycles. The van der Waals surface area contributed by atoms with Gasteiger partial charge in [-0.2, -0.15) is 0 Å². The Morgan fingerprint density at radius 2 is 1.87 bits per heavy atom. The zero-order valence-electron chi connectivity index (χ0n) is 12.6. The van der Waals surface area contributed by atoms with Crippen molar-refractivity contribution in [2.75, 3.05) is 11.4 Å². The molecule has 2 aromatic carbocycles. The lowest BCUT2D eigenvalue weighted by Crippen LogP contribution is -2.36. The van der Waals surface area contributed by atoms with Crippen LogP contribution in [0.2, 0.25) is 0 Å². The summed E-state index contributed by atoms with van der Waals surface area (Å²) in [5.74, 6) is -0.971. The van der Waals surface area contributed by atoms with E-state index >= 15 is 0 Å². The molecule has 0 fully saturated rings. The fraction of sp³-hybridized carbons (Fsp3) is 0.222. The highest BCUT2D eigenvalue weighted by Crippen LogP contribution is 2.30. The molecule has 0 saturated carbocycles. The highest BCUT2D eigenvalue weighted by Gasteiger charge is 2.26. The van der Waals surface area contributed by atoms with Crippen LogP contribution in [-0.2, 0) is 17.8 Å². The molecule has 1 aliphatic heterocycles. The van der Waals surface area contributed by atoms with E-state index in [0.29, 0.717) is 24.2 Å². The minimum atomic E-state index is -0.971. The van der Waals surface area contributed by atoms with Gasteiger partial charge in [0.05, 0.1) is 11.3 Å². The third-order valence-corrected chi connectivity index (χ3v) is 3.91. The number of amides is 1. The van der Waals surface area contributed by atoms with Gasteiger partial charge in [-0.1, -0.05) is 36.4 Å². The predicted molar refractivity (Wildman–Crippen MR) is 85.7 cm³/mol. The molecule has 0 saturated heterocycles. The Morgan fingerprint density at radius 3 is 2.61 bits per heavy atom. The molecule has 5 nitrogen and oxygen atoms in total. The number of benzene rings is 2. The van der Waals surface area contributed by atoms with Gasteiger partial charge in [0.15, 0.2) is 0 Å². The summed E-state index contributed by atoms with van der Waals surface area (Å²) in [5.41, 5.74) is 2.50. The number of rotatable bonds is 3. The lowest BCUT2D eigenvalue weighted by atomic mass is 9.96. The number of fused-ring (bicyclic) bond motifs is 1. The third-order valence-electron chi connectivity index (χ3n) is 3.91. The Labute approximate surface area is 134 Å². The molecule has 23 heavy (non-hydrogen) atoms. The standard InChI is InChI=1S/C18H17NO4/c20-17(21)15-8-4-10-16-14(15)9-5-11-19(16)18(22)23-12-13-6-2-1-3-7-13/h1-4,6-8,10H,5,9,11-12H2,(H,20,21). The van der Waals surface area contributed by atoms with E-state index in [4.69, 9.17) is 4.74 Å². The summed E-state index contributed by atoms with van der Waals surface area (Å²) in [7, 11) is 0. The van der Waals surface area contributed by atoms with Crippen LogP contribution in [0.1, 0.15) is 27.9 Å². The number of carboxylic acid groups (broad SMARTS) is 1. The van der Waals surface area contributed by atoms with Gasteiger partial charge >= 0.3 is 12.1 Å². The molecule has 0 atom stereocenters. The Hall–Kier alpha value is -2.82. The first-order valence-electron chi connectivity index (χ1n) is 7.50. The van der Waals surface area contributed by atoms with Crippen LogP contribution in [-0.4, -0.2) is 23.7 Å². The van der Waals surface area contributed by atoms with Crippen LogP contribution in [0.3, 0.4) is 0 Å². The van der Waals surface area contributed by atoms with Crippen LogP contribution >= 0.6 is 0 Å². The number of carbonyl (C=O) groups excluding carboxylic acids is 1. The average molecular weight is 311 g/mol. The first kappa shape index (κ1) is 15.1. The van der Waals surface area contributed by atoms with Crippen LogP contribution in [0, 0.1) is 0 Å². The van der Waals surface area contributed by atoms with Gasteiger partial charge < -0.3 is 9.84 Å². The molecule has 0 bridgehead atoms. The van der Waals surface area contributed by atoms with Crippen molar-refractivity contribution in [2.45, 2.75) is 19.4 Å². The molecule has 1 aliphatic rings. The highest BCUT2D eigenvalue weighted by molar-refractivity contribution is 5.95. The van der Waals surface area contributed by atoms with Crippen molar-refractivity contribution in [1.29, 1.82) is 0 Å². The molecule has 1 heterocycles. The molecule has 2 aromatic rings. The largest absolute Gasteiger partial charge is 0.478 e. The number of aromatic carboxylic acids is 1. The summed E-state index contributed by atoms with van der Waals surface area (Å²) in [6.45, 7) is 0.730. The van der Waals surface area contributed by atoms with E-state index in [9.17, 15) is 14.7 Å². The van der Waals surface area contributed by atoms with Crippen LogP contribution in [0.4, 0.5) is 10.5 Å². The molecular weight excluding hydrogens is 294 g/mol. The van der Waals surface area contributed by atoms with Gasteiger partial charge in [0.1, 0.15) is 6.61 Å². The number of hydrogen-bond acceptors (Lipinski definition) is 3. The maximum atomic E-state index is 12.4. The minimum Gasteiger partial charge on any atom is -0.478 e. The first-order chi connectivity index (χ1) is 11.2. The Bertz CT molecular complexity index is 727.